The zero-order valence-electron chi connectivity index (χ0n) is 19.1. The van der Waals surface area contributed by atoms with Gasteiger partial charge in [-0.3, -0.25) is 0 Å². The Kier molecular flexibility index (Phi) is 5.99. The normalized spacial score (nSPS) is 16.5. The van der Waals surface area contributed by atoms with Crippen LogP contribution in [-0.2, 0) is 33.0 Å². The van der Waals surface area contributed by atoms with Gasteiger partial charge in [-0.15, -0.1) is 0 Å². The summed E-state index contributed by atoms with van der Waals surface area (Å²) in [6, 6.07) is 12.0. The summed E-state index contributed by atoms with van der Waals surface area (Å²) in [5.74, 6) is 0.891. The average molecular weight is 515 g/mol. The van der Waals surface area contributed by atoms with E-state index in [-0.39, 0.29) is 10.1 Å². The molecule has 1 fully saturated rings. The summed E-state index contributed by atoms with van der Waals surface area (Å²) in [5, 5.41) is 11.3. The van der Waals surface area contributed by atoms with Crippen molar-refractivity contribution in [1.82, 2.24) is 14.3 Å². The number of nitrogens with zero attached hydrogens (tertiary/aromatic N) is 3. The number of aryl methyl sites for hydroxylation is 1. The summed E-state index contributed by atoms with van der Waals surface area (Å²) in [7, 11) is -7.01. The number of fused-ring (bicyclic) bond motifs is 1. The number of nitrogens with one attached hydrogen (secondary N) is 2. The van der Waals surface area contributed by atoms with E-state index in [0.717, 1.165) is 35.2 Å². The number of sulfonamides is 2. The maximum absolute atomic E-state index is 12.6. The second-order valence-electron chi connectivity index (χ2n) is 8.86. The summed E-state index contributed by atoms with van der Waals surface area (Å²) in [6.45, 7) is 2.78. The summed E-state index contributed by atoms with van der Waals surface area (Å²) < 4.78 is 50.0. The lowest BCUT2D eigenvalue weighted by Crippen LogP contribution is -2.38. The number of aromatic nitrogens is 2. The molecule has 1 aromatic heterocycles. The molecule has 1 aliphatic heterocycles. The van der Waals surface area contributed by atoms with Crippen molar-refractivity contribution in [2.24, 2.45) is 5.14 Å². The Morgan fingerprint density at radius 2 is 1.77 bits per heavy atom. The maximum atomic E-state index is 12.6. The van der Waals surface area contributed by atoms with Gasteiger partial charge in [-0.25, -0.2) is 27.0 Å². The second kappa shape index (κ2) is 8.86. The van der Waals surface area contributed by atoms with Gasteiger partial charge in [0.2, 0.25) is 26.0 Å². The molecule has 0 saturated heterocycles. The largest absolute Gasteiger partial charge is 0.340 e. The fourth-order valence-electron chi connectivity index (χ4n) is 4.04. The highest BCUT2D eigenvalue weighted by Gasteiger charge is 2.40. The molecule has 35 heavy (non-hydrogen) atoms. The van der Waals surface area contributed by atoms with Crippen molar-refractivity contribution in [3.05, 3.63) is 65.4 Å². The molecule has 0 atom stereocenters. The highest BCUT2D eigenvalue weighted by Crippen LogP contribution is 2.34. The highest BCUT2D eigenvalue weighted by molar-refractivity contribution is 7.90. The van der Waals surface area contributed by atoms with Crippen LogP contribution in [0.5, 0.6) is 0 Å². The predicted octanol–water partition coefficient (Wildman–Crippen LogP) is 2.77. The molecule has 2 heterocycles. The number of anilines is 4. The summed E-state index contributed by atoms with van der Waals surface area (Å²) in [4.78, 5) is 8.81. The minimum absolute atomic E-state index is 0.00878. The van der Waals surface area contributed by atoms with Crippen molar-refractivity contribution < 1.29 is 16.8 Å². The molecule has 3 aromatic rings. The van der Waals surface area contributed by atoms with E-state index in [0.29, 0.717) is 37.0 Å². The first kappa shape index (κ1) is 23.7. The lowest BCUT2D eigenvalue weighted by Gasteiger charge is -2.28. The van der Waals surface area contributed by atoms with Gasteiger partial charge < -0.3 is 10.6 Å². The Bertz CT molecular complexity index is 1500. The van der Waals surface area contributed by atoms with Gasteiger partial charge in [-0.2, -0.15) is 9.29 Å². The van der Waals surface area contributed by atoms with E-state index in [4.69, 9.17) is 5.14 Å². The average Bonchev–Trinajstić information content (AvgIpc) is 3.67. The van der Waals surface area contributed by atoms with Crippen LogP contribution in [0.4, 0.5) is 23.1 Å². The van der Waals surface area contributed by atoms with Crippen LogP contribution in [0.1, 0.15) is 29.5 Å². The number of hydrogen-bond donors (Lipinski definition) is 3. The molecule has 184 valence electrons. The molecule has 1 saturated carbocycles. The third-order valence-corrected chi connectivity index (χ3v) is 9.40. The number of benzene rings is 2. The van der Waals surface area contributed by atoms with Crippen molar-refractivity contribution >= 4 is 43.2 Å². The van der Waals surface area contributed by atoms with E-state index in [9.17, 15) is 16.8 Å². The molecule has 2 aliphatic rings. The molecular weight excluding hydrogens is 488 g/mol. The van der Waals surface area contributed by atoms with Crippen LogP contribution in [0.25, 0.3) is 0 Å². The van der Waals surface area contributed by atoms with E-state index >= 15 is 0 Å². The molecule has 1 aliphatic carbocycles. The standard InChI is InChI=1S/C23H26N6O4S2/c1-15-13-25-23(27-18-3-2-4-21(12-18)34(24,30)31)28-22(15)26-19-6-5-17-14-29(10-9-16(17)11-19)35(32,33)20-7-8-20/h2-6,11-13,20H,7-10,14H2,1H3,(H2,24,30,31)(H2,25,26,27,28). The molecule has 0 amide bonds. The molecule has 4 N–H and O–H groups in total. The quantitative estimate of drug-likeness (QED) is 0.436. The van der Waals surface area contributed by atoms with Crippen molar-refractivity contribution in [2.75, 3.05) is 17.2 Å². The number of nitrogens with two attached hydrogens (primary N) is 1. The highest BCUT2D eigenvalue weighted by atomic mass is 32.2. The van der Waals surface area contributed by atoms with Gasteiger partial charge in [0.1, 0.15) is 5.82 Å². The topological polar surface area (TPSA) is 147 Å². The van der Waals surface area contributed by atoms with E-state index in [1.54, 1.807) is 22.6 Å². The molecule has 12 heteroatoms. The monoisotopic (exact) mass is 514 g/mol. The van der Waals surface area contributed by atoms with Crippen molar-refractivity contribution in [1.29, 1.82) is 0 Å². The van der Waals surface area contributed by atoms with Crippen LogP contribution in [0, 0.1) is 6.92 Å². The Morgan fingerprint density at radius 3 is 2.51 bits per heavy atom. The third-order valence-electron chi connectivity index (χ3n) is 6.14. The fourth-order valence-corrected chi connectivity index (χ4v) is 6.42. The Hall–Kier alpha value is -3.06. The lowest BCUT2D eigenvalue weighted by molar-refractivity contribution is 0.390. The first-order valence-corrected chi connectivity index (χ1v) is 14.3. The molecule has 0 unspecified atom stereocenters. The van der Waals surface area contributed by atoms with Crippen LogP contribution in [-0.4, -0.2) is 42.9 Å². The molecule has 0 spiro atoms. The summed E-state index contributed by atoms with van der Waals surface area (Å²) >= 11 is 0. The van der Waals surface area contributed by atoms with Crippen molar-refractivity contribution in [3.8, 4) is 0 Å². The zero-order valence-corrected chi connectivity index (χ0v) is 20.7. The molecule has 10 nitrogen and oxygen atoms in total. The Balaban J connectivity index is 1.33. The lowest BCUT2D eigenvalue weighted by atomic mass is 10.0. The van der Waals surface area contributed by atoms with E-state index in [1.165, 1.54) is 12.1 Å². The van der Waals surface area contributed by atoms with Gasteiger partial charge in [0.15, 0.2) is 0 Å². The first-order valence-electron chi connectivity index (χ1n) is 11.2. The van der Waals surface area contributed by atoms with Gasteiger partial charge in [0.25, 0.3) is 0 Å². The molecule has 5 rings (SSSR count). The second-order valence-corrected chi connectivity index (χ2v) is 12.6. The maximum Gasteiger partial charge on any atom is 0.238 e. The summed E-state index contributed by atoms with van der Waals surface area (Å²) in [5.41, 5.74) is 4.29. The van der Waals surface area contributed by atoms with Crippen LogP contribution in [0.3, 0.4) is 0 Å². The minimum atomic E-state index is -3.82. The van der Waals surface area contributed by atoms with Crippen LogP contribution in [0.2, 0.25) is 0 Å². The molecule has 0 bridgehead atoms. The SMILES string of the molecule is Cc1cnc(Nc2cccc(S(N)(=O)=O)c2)nc1Nc1ccc2c(c1)CCN(S(=O)(=O)C1CC1)C2. The van der Waals surface area contributed by atoms with Gasteiger partial charge in [0, 0.05) is 36.2 Å². The predicted molar refractivity (Wildman–Crippen MR) is 134 cm³/mol. The number of primary sulfonamides is 1. The Morgan fingerprint density at radius 1 is 1.00 bits per heavy atom. The minimum Gasteiger partial charge on any atom is -0.340 e. The molecule has 2 aromatic carbocycles. The van der Waals surface area contributed by atoms with Crippen molar-refractivity contribution in [3.63, 3.8) is 0 Å². The molecule has 0 radical (unpaired) electrons. The van der Waals surface area contributed by atoms with Crippen molar-refractivity contribution in [2.45, 2.75) is 42.9 Å². The van der Waals surface area contributed by atoms with Gasteiger partial charge in [0.05, 0.1) is 10.1 Å². The number of hydrogen-bond acceptors (Lipinski definition) is 8. The third kappa shape index (κ3) is 5.15. The van der Waals surface area contributed by atoms with E-state index in [1.807, 2.05) is 25.1 Å². The van der Waals surface area contributed by atoms with E-state index < -0.39 is 20.0 Å². The molecular formula is C23H26N6O4S2. The van der Waals surface area contributed by atoms with E-state index in [2.05, 4.69) is 20.6 Å². The number of rotatable bonds is 7. The smallest absolute Gasteiger partial charge is 0.238 e. The first-order chi connectivity index (χ1) is 16.6. The Labute approximate surface area is 204 Å². The summed E-state index contributed by atoms with van der Waals surface area (Å²) in [6.07, 6.45) is 3.86. The van der Waals surface area contributed by atoms with Crippen LogP contribution in [0.15, 0.2) is 53.6 Å². The van der Waals surface area contributed by atoms with Gasteiger partial charge >= 0.3 is 0 Å². The van der Waals surface area contributed by atoms with Gasteiger partial charge in [-0.1, -0.05) is 12.1 Å². The van der Waals surface area contributed by atoms with Crippen LogP contribution < -0.4 is 15.8 Å². The van der Waals surface area contributed by atoms with Crippen LogP contribution >= 0.6 is 0 Å². The fraction of sp³-hybridized carbons (Fsp3) is 0.304. The zero-order chi connectivity index (χ0) is 24.8. The van der Waals surface area contributed by atoms with Gasteiger partial charge in [-0.05, 0) is 67.6 Å².